The zero-order chi connectivity index (χ0) is 15.1. The van der Waals surface area contributed by atoms with Gasteiger partial charge in [0.15, 0.2) is 0 Å². The van der Waals surface area contributed by atoms with Crippen molar-refractivity contribution < 1.29 is 14.7 Å². The molecule has 2 N–H and O–H groups in total. The Balaban J connectivity index is 2.47. The van der Waals surface area contributed by atoms with Crippen molar-refractivity contribution in [2.45, 2.75) is 52.0 Å². The average molecular weight is 277 g/mol. The van der Waals surface area contributed by atoms with Crippen molar-refractivity contribution in [2.75, 3.05) is 0 Å². The molecule has 4 nitrogen and oxygen atoms in total. The Kier molecular flexibility index (Phi) is 6.22. The Labute approximate surface area is 120 Å². The minimum atomic E-state index is -0.866. The molecule has 0 aliphatic rings. The topological polar surface area (TPSA) is 66.4 Å². The molecule has 0 fully saturated rings. The van der Waals surface area contributed by atoms with Crippen molar-refractivity contribution in [3.8, 4) is 0 Å². The molecule has 0 bridgehead atoms. The van der Waals surface area contributed by atoms with E-state index in [9.17, 15) is 9.59 Å². The molecule has 4 heteroatoms. The number of nitrogens with one attached hydrogen (secondary N) is 1. The SMILES string of the molecule is CC(C)c1ccc(C(C)NC(=O)CCCC(=O)O)cc1. The number of hydrogen-bond acceptors (Lipinski definition) is 2. The summed E-state index contributed by atoms with van der Waals surface area (Å²) >= 11 is 0. The predicted molar refractivity (Wildman–Crippen MR) is 78.6 cm³/mol. The van der Waals surface area contributed by atoms with Crippen molar-refractivity contribution in [2.24, 2.45) is 0 Å². The maximum atomic E-state index is 11.7. The van der Waals surface area contributed by atoms with Crippen LogP contribution in [0.4, 0.5) is 0 Å². The highest BCUT2D eigenvalue weighted by Crippen LogP contribution is 2.18. The van der Waals surface area contributed by atoms with Crippen molar-refractivity contribution in [3.05, 3.63) is 35.4 Å². The quantitative estimate of drug-likeness (QED) is 0.804. The van der Waals surface area contributed by atoms with Gasteiger partial charge in [-0.3, -0.25) is 9.59 Å². The number of hydrogen-bond donors (Lipinski definition) is 2. The molecular formula is C16H23NO3. The first-order valence-corrected chi connectivity index (χ1v) is 7.01. The second kappa shape index (κ2) is 7.68. The summed E-state index contributed by atoms with van der Waals surface area (Å²) in [6, 6.07) is 8.14. The largest absolute Gasteiger partial charge is 0.481 e. The molecule has 0 heterocycles. The van der Waals surface area contributed by atoms with E-state index in [2.05, 4.69) is 31.3 Å². The summed E-state index contributed by atoms with van der Waals surface area (Å²) in [6.45, 7) is 6.21. The number of carboxylic acids is 1. The molecule has 0 aliphatic heterocycles. The van der Waals surface area contributed by atoms with Crippen LogP contribution in [0.2, 0.25) is 0 Å². The fourth-order valence-corrected chi connectivity index (χ4v) is 1.97. The summed E-state index contributed by atoms with van der Waals surface area (Å²) in [5.74, 6) is -0.480. The number of carbonyl (C=O) groups is 2. The summed E-state index contributed by atoms with van der Waals surface area (Å²) in [6.07, 6.45) is 0.659. The fourth-order valence-electron chi connectivity index (χ4n) is 1.97. The van der Waals surface area contributed by atoms with E-state index in [0.717, 1.165) is 5.56 Å². The van der Waals surface area contributed by atoms with E-state index < -0.39 is 5.97 Å². The highest BCUT2D eigenvalue weighted by atomic mass is 16.4. The van der Waals surface area contributed by atoms with Crippen LogP contribution in [0.15, 0.2) is 24.3 Å². The van der Waals surface area contributed by atoms with Crippen LogP contribution in [0.3, 0.4) is 0 Å². The van der Waals surface area contributed by atoms with Gasteiger partial charge >= 0.3 is 5.97 Å². The zero-order valence-electron chi connectivity index (χ0n) is 12.3. The van der Waals surface area contributed by atoms with Gasteiger partial charge in [0.1, 0.15) is 0 Å². The highest BCUT2D eigenvalue weighted by molar-refractivity contribution is 5.77. The van der Waals surface area contributed by atoms with Gasteiger partial charge in [-0.05, 0) is 30.4 Å². The Bertz CT molecular complexity index is 451. The van der Waals surface area contributed by atoms with Crippen molar-refractivity contribution in [1.29, 1.82) is 0 Å². The Hall–Kier alpha value is -1.84. The van der Waals surface area contributed by atoms with Crippen LogP contribution in [-0.4, -0.2) is 17.0 Å². The Morgan fingerprint density at radius 2 is 1.60 bits per heavy atom. The van der Waals surface area contributed by atoms with Gasteiger partial charge in [0, 0.05) is 12.8 Å². The summed E-state index contributed by atoms with van der Waals surface area (Å²) < 4.78 is 0. The monoisotopic (exact) mass is 277 g/mol. The maximum Gasteiger partial charge on any atom is 0.303 e. The van der Waals surface area contributed by atoms with E-state index in [1.165, 1.54) is 5.56 Å². The van der Waals surface area contributed by atoms with Crippen molar-refractivity contribution in [1.82, 2.24) is 5.32 Å². The lowest BCUT2D eigenvalue weighted by molar-refractivity contribution is -0.137. The van der Waals surface area contributed by atoms with E-state index in [0.29, 0.717) is 12.3 Å². The van der Waals surface area contributed by atoms with E-state index >= 15 is 0 Å². The van der Waals surface area contributed by atoms with E-state index in [1.54, 1.807) is 0 Å². The molecule has 1 atom stereocenters. The van der Waals surface area contributed by atoms with Crippen molar-refractivity contribution in [3.63, 3.8) is 0 Å². The summed E-state index contributed by atoms with van der Waals surface area (Å²) in [7, 11) is 0. The lowest BCUT2D eigenvalue weighted by Crippen LogP contribution is -2.26. The Morgan fingerprint density at radius 3 is 2.10 bits per heavy atom. The number of rotatable bonds is 7. The molecule has 1 aromatic rings. The molecule has 1 unspecified atom stereocenters. The molecule has 0 saturated carbocycles. The summed E-state index contributed by atoms with van der Waals surface area (Å²) in [4.78, 5) is 22.1. The van der Waals surface area contributed by atoms with Gasteiger partial charge in [-0.2, -0.15) is 0 Å². The van der Waals surface area contributed by atoms with E-state index in [1.807, 2.05) is 19.1 Å². The molecule has 0 aromatic heterocycles. The fraction of sp³-hybridized carbons (Fsp3) is 0.500. The third-order valence-electron chi connectivity index (χ3n) is 3.28. The van der Waals surface area contributed by atoms with Gasteiger partial charge in [0.05, 0.1) is 6.04 Å². The maximum absolute atomic E-state index is 11.7. The lowest BCUT2D eigenvalue weighted by Gasteiger charge is -2.15. The molecule has 1 rings (SSSR count). The van der Waals surface area contributed by atoms with Gasteiger partial charge in [-0.15, -0.1) is 0 Å². The molecule has 0 spiro atoms. The van der Waals surface area contributed by atoms with Gasteiger partial charge < -0.3 is 10.4 Å². The van der Waals surface area contributed by atoms with Crippen LogP contribution in [0.5, 0.6) is 0 Å². The van der Waals surface area contributed by atoms with E-state index in [4.69, 9.17) is 5.11 Å². The zero-order valence-corrected chi connectivity index (χ0v) is 12.3. The molecule has 0 aliphatic carbocycles. The van der Waals surface area contributed by atoms with Gasteiger partial charge in [-0.1, -0.05) is 38.1 Å². The molecule has 20 heavy (non-hydrogen) atoms. The third kappa shape index (κ3) is 5.43. The minimum absolute atomic E-state index is 0.0326. The van der Waals surface area contributed by atoms with E-state index in [-0.39, 0.29) is 24.8 Å². The average Bonchev–Trinajstić information content (AvgIpc) is 2.38. The van der Waals surface area contributed by atoms with Crippen LogP contribution in [0.25, 0.3) is 0 Å². The number of benzene rings is 1. The van der Waals surface area contributed by atoms with Crippen LogP contribution in [-0.2, 0) is 9.59 Å². The van der Waals surface area contributed by atoms with Gasteiger partial charge in [0.25, 0.3) is 0 Å². The van der Waals surface area contributed by atoms with Crippen molar-refractivity contribution >= 4 is 11.9 Å². The standard InChI is InChI=1S/C16H23NO3/c1-11(2)13-7-9-14(10-8-13)12(3)17-15(18)5-4-6-16(19)20/h7-12H,4-6H2,1-3H3,(H,17,18)(H,19,20). The van der Waals surface area contributed by atoms with Crippen LogP contribution < -0.4 is 5.32 Å². The number of carboxylic acid groups (broad SMARTS) is 1. The van der Waals surface area contributed by atoms with Crippen LogP contribution in [0.1, 0.15) is 63.1 Å². The number of aliphatic carboxylic acids is 1. The molecule has 0 radical (unpaired) electrons. The predicted octanol–water partition coefficient (Wildman–Crippen LogP) is 3.24. The highest BCUT2D eigenvalue weighted by Gasteiger charge is 2.10. The van der Waals surface area contributed by atoms with Gasteiger partial charge in [-0.25, -0.2) is 0 Å². The third-order valence-corrected chi connectivity index (χ3v) is 3.28. The second-order valence-electron chi connectivity index (χ2n) is 5.36. The first-order chi connectivity index (χ1) is 9.40. The first kappa shape index (κ1) is 16.2. The summed E-state index contributed by atoms with van der Waals surface area (Å²) in [5, 5.41) is 11.4. The van der Waals surface area contributed by atoms with Crippen LogP contribution in [0, 0.1) is 0 Å². The minimum Gasteiger partial charge on any atom is -0.481 e. The Morgan fingerprint density at radius 1 is 1.05 bits per heavy atom. The normalized spacial score (nSPS) is 12.2. The lowest BCUT2D eigenvalue weighted by atomic mass is 9.99. The second-order valence-corrected chi connectivity index (χ2v) is 5.36. The molecule has 0 saturated heterocycles. The smallest absolute Gasteiger partial charge is 0.303 e. The molecule has 110 valence electrons. The first-order valence-electron chi connectivity index (χ1n) is 7.01. The number of carbonyl (C=O) groups excluding carboxylic acids is 1. The number of amides is 1. The molecule has 1 amide bonds. The van der Waals surface area contributed by atoms with Crippen LogP contribution >= 0.6 is 0 Å². The summed E-state index contributed by atoms with van der Waals surface area (Å²) in [5.41, 5.74) is 2.33. The van der Waals surface area contributed by atoms with Gasteiger partial charge in [0.2, 0.25) is 5.91 Å². The molecular weight excluding hydrogens is 254 g/mol. The molecule has 1 aromatic carbocycles.